The number of ketones is 1. The number of hydrogen-bond acceptors (Lipinski definition) is 5. The lowest BCUT2D eigenvalue weighted by Gasteiger charge is -2.12. The van der Waals surface area contributed by atoms with Crippen LogP contribution in [-0.4, -0.2) is 19.5 Å². The second-order valence-electron chi connectivity index (χ2n) is 8.17. The lowest BCUT2D eigenvalue weighted by Crippen LogP contribution is -2.16. The number of Topliss-reactive ketones (excluding diaryl/α,β-unsaturated/α-hetero) is 1. The zero-order valence-corrected chi connectivity index (χ0v) is 18.5. The molecule has 0 saturated carbocycles. The molecule has 3 rings (SSSR count). The average molecular weight is 427 g/mol. The Labute approximate surface area is 176 Å². The highest BCUT2D eigenvalue weighted by molar-refractivity contribution is 7.91. The Kier molecular flexibility index (Phi) is 6.27. The molecule has 0 aliphatic carbocycles. The van der Waals surface area contributed by atoms with E-state index >= 15 is 0 Å². The van der Waals surface area contributed by atoms with Crippen molar-refractivity contribution < 1.29 is 17.6 Å². The van der Waals surface area contributed by atoms with E-state index in [1.165, 1.54) is 6.07 Å². The van der Waals surface area contributed by atoms with Crippen LogP contribution in [0.3, 0.4) is 0 Å². The van der Waals surface area contributed by atoms with E-state index in [4.69, 9.17) is 4.42 Å². The molecule has 5 nitrogen and oxygen atoms in total. The Balaban J connectivity index is 1.84. The summed E-state index contributed by atoms with van der Waals surface area (Å²) in [5.74, 6) is 0.0437. The van der Waals surface area contributed by atoms with Gasteiger partial charge in [-0.3, -0.25) is 4.79 Å². The quantitative estimate of drug-likeness (QED) is 0.405. The first-order chi connectivity index (χ1) is 14.1. The van der Waals surface area contributed by atoms with Gasteiger partial charge < -0.3 is 4.42 Å². The summed E-state index contributed by atoms with van der Waals surface area (Å²) in [6.07, 6.45) is 0.207. The highest BCUT2D eigenvalue weighted by atomic mass is 32.2. The second-order valence-corrected chi connectivity index (χ2v) is 10.7. The summed E-state index contributed by atoms with van der Waals surface area (Å²) in [7, 11) is -3.19. The van der Waals surface area contributed by atoms with Gasteiger partial charge in [0, 0.05) is 23.4 Å². The van der Waals surface area contributed by atoms with Crippen LogP contribution in [0.2, 0.25) is 0 Å². The van der Waals surface area contributed by atoms with Crippen LogP contribution in [0.5, 0.6) is 0 Å². The Hall–Kier alpha value is -2.73. The van der Waals surface area contributed by atoms with Crippen LogP contribution < -0.4 is 5.63 Å². The lowest BCUT2D eigenvalue weighted by molar-refractivity contribution is 0.0993. The van der Waals surface area contributed by atoms with Crippen LogP contribution in [0, 0.1) is 0 Å². The van der Waals surface area contributed by atoms with Gasteiger partial charge >= 0.3 is 5.63 Å². The second kappa shape index (κ2) is 8.56. The maximum atomic E-state index is 12.8. The summed E-state index contributed by atoms with van der Waals surface area (Å²) >= 11 is 0. The van der Waals surface area contributed by atoms with Crippen LogP contribution in [-0.2, 0) is 22.0 Å². The van der Waals surface area contributed by atoms with Crippen molar-refractivity contribution in [2.75, 3.05) is 0 Å². The third-order valence-electron chi connectivity index (χ3n) is 5.16. The third-order valence-corrected chi connectivity index (χ3v) is 7.33. The molecule has 0 N–H and O–H groups in total. The SMILES string of the molecule is CC(C)c1cc(CC(=O)c2ccc(CS(=O)(=O)C(C)C)cc2)cc2ccc(=O)oc12. The van der Waals surface area contributed by atoms with E-state index in [9.17, 15) is 18.0 Å². The summed E-state index contributed by atoms with van der Waals surface area (Å²) in [5, 5.41) is 0.351. The summed E-state index contributed by atoms with van der Waals surface area (Å²) in [4.78, 5) is 24.4. The van der Waals surface area contributed by atoms with E-state index in [1.54, 1.807) is 44.2 Å². The number of benzene rings is 2. The molecule has 0 atom stereocenters. The van der Waals surface area contributed by atoms with Gasteiger partial charge in [0.15, 0.2) is 15.6 Å². The number of sulfone groups is 1. The van der Waals surface area contributed by atoms with E-state index in [1.807, 2.05) is 26.0 Å². The van der Waals surface area contributed by atoms with E-state index < -0.39 is 20.7 Å². The zero-order valence-electron chi connectivity index (χ0n) is 17.6. The van der Waals surface area contributed by atoms with Crippen LogP contribution in [0.15, 0.2) is 57.7 Å². The van der Waals surface area contributed by atoms with Crippen molar-refractivity contribution in [3.8, 4) is 0 Å². The molecule has 0 saturated heterocycles. The molecule has 2 aromatic carbocycles. The fourth-order valence-electron chi connectivity index (χ4n) is 3.28. The number of hydrogen-bond donors (Lipinski definition) is 0. The van der Waals surface area contributed by atoms with Gasteiger partial charge in [-0.1, -0.05) is 44.2 Å². The lowest BCUT2D eigenvalue weighted by atomic mass is 9.94. The summed E-state index contributed by atoms with van der Waals surface area (Å²) in [6, 6.07) is 13.6. The first-order valence-electron chi connectivity index (χ1n) is 9.97. The molecule has 0 aliphatic rings. The molecule has 30 heavy (non-hydrogen) atoms. The van der Waals surface area contributed by atoms with Crippen LogP contribution in [0.1, 0.15) is 60.7 Å². The number of carbonyl (C=O) groups is 1. The first kappa shape index (κ1) is 22.0. The monoisotopic (exact) mass is 426 g/mol. The van der Waals surface area contributed by atoms with Crippen molar-refractivity contribution in [1.29, 1.82) is 0 Å². The van der Waals surface area contributed by atoms with Crippen LogP contribution in [0.25, 0.3) is 11.0 Å². The molecule has 0 aliphatic heterocycles. The van der Waals surface area contributed by atoms with Crippen molar-refractivity contribution in [2.24, 2.45) is 0 Å². The van der Waals surface area contributed by atoms with Gasteiger partial charge in [0.2, 0.25) is 0 Å². The van der Waals surface area contributed by atoms with Crippen molar-refractivity contribution in [3.63, 3.8) is 0 Å². The molecular weight excluding hydrogens is 400 g/mol. The number of rotatable bonds is 7. The van der Waals surface area contributed by atoms with Gasteiger partial charge in [-0.25, -0.2) is 13.2 Å². The Morgan fingerprint density at radius 1 is 0.933 bits per heavy atom. The summed E-state index contributed by atoms with van der Waals surface area (Å²) < 4.78 is 29.5. The van der Waals surface area contributed by atoms with Crippen molar-refractivity contribution in [3.05, 3.63) is 81.2 Å². The average Bonchev–Trinajstić information content (AvgIpc) is 2.67. The molecule has 1 heterocycles. The fraction of sp³-hybridized carbons (Fsp3) is 0.333. The molecule has 0 amide bonds. The molecule has 158 valence electrons. The van der Waals surface area contributed by atoms with Crippen molar-refractivity contribution in [2.45, 2.75) is 51.0 Å². The van der Waals surface area contributed by atoms with Crippen LogP contribution >= 0.6 is 0 Å². The Morgan fingerprint density at radius 3 is 2.20 bits per heavy atom. The highest BCUT2D eigenvalue weighted by Gasteiger charge is 2.17. The van der Waals surface area contributed by atoms with Gasteiger partial charge in [0.1, 0.15) is 5.58 Å². The molecule has 6 heteroatoms. The van der Waals surface area contributed by atoms with Gasteiger partial charge in [-0.2, -0.15) is 0 Å². The van der Waals surface area contributed by atoms with Crippen LogP contribution in [0.4, 0.5) is 0 Å². The highest BCUT2D eigenvalue weighted by Crippen LogP contribution is 2.27. The minimum absolute atomic E-state index is 0.0350. The summed E-state index contributed by atoms with van der Waals surface area (Å²) in [6.45, 7) is 7.34. The van der Waals surface area contributed by atoms with E-state index in [0.717, 1.165) is 16.5 Å². The zero-order chi connectivity index (χ0) is 22.1. The molecule has 1 aromatic heterocycles. The Bertz CT molecular complexity index is 1230. The maximum absolute atomic E-state index is 12.8. The van der Waals surface area contributed by atoms with E-state index in [0.29, 0.717) is 16.7 Å². The minimum atomic E-state index is -3.19. The fourth-order valence-corrected chi connectivity index (χ4v) is 4.27. The predicted molar refractivity (Wildman–Crippen MR) is 119 cm³/mol. The Morgan fingerprint density at radius 2 is 1.60 bits per heavy atom. The van der Waals surface area contributed by atoms with Crippen molar-refractivity contribution >= 4 is 26.6 Å². The van der Waals surface area contributed by atoms with Crippen molar-refractivity contribution in [1.82, 2.24) is 0 Å². The van der Waals surface area contributed by atoms with Gasteiger partial charge in [-0.05, 0) is 48.6 Å². The normalized spacial score (nSPS) is 12.1. The molecule has 0 radical (unpaired) electrons. The molecule has 0 bridgehead atoms. The van der Waals surface area contributed by atoms with E-state index in [2.05, 4.69) is 0 Å². The topological polar surface area (TPSA) is 81.4 Å². The standard InChI is InChI=1S/C24H26O5S/c1-15(2)21-12-18(11-20-9-10-23(26)29-24(20)21)13-22(25)19-7-5-17(6-8-19)14-30(27,28)16(3)4/h5-12,15-16H,13-14H2,1-4H3. The van der Waals surface area contributed by atoms with Gasteiger partial charge in [0.05, 0.1) is 11.0 Å². The molecule has 3 aromatic rings. The predicted octanol–water partition coefficient (Wildman–Crippen LogP) is 4.67. The first-order valence-corrected chi connectivity index (χ1v) is 11.7. The molecule has 0 spiro atoms. The molecular formula is C24H26O5S. The van der Waals surface area contributed by atoms with Gasteiger partial charge in [-0.15, -0.1) is 0 Å². The smallest absolute Gasteiger partial charge is 0.336 e. The van der Waals surface area contributed by atoms with Gasteiger partial charge in [0.25, 0.3) is 0 Å². The third kappa shape index (κ3) is 4.87. The number of carbonyl (C=O) groups excluding carboxylic acids is 1. The molecule has 0 unspecified atom stereocenters. The molecule has 0 fully saturated rings. The number of fused-ring (bicyclic) bond motifs is 1. The maximum Gasteiger partial charge on any atom is 0.336 e. The van der Waals surface area contributed by atoms with E-state index in [-0.39, 0.29) is 23.9 Å². The minimum Gasteiger partial charge on any atom is -0.422 e. The summed E-state index contributed by atoms with van der Waals surface area (Å²) in [5.41, 5.74) is 3.10. The largest absolute Gasteiger partial charge is 0.422 e.